The van der Waals surface area contributed by atoms with Gasteiger partial charge in [0.2, 0.25) is 0 Å². The molecule has 0 saturated heterocycles. The fourth-order valence-corrected chi connectivity index (χ4v) is 0.707. The Morgan fingerprint density at radius 3 is 1.71 bits per heavy atom. The topological polar surface area (TPSA) is 23.8 Å². The molecule has 7 heavy (non-hydrogen) atoms. The molecule has 0 aliphatic rings. The van der Waals surface area contributed by atoms with Crippen molar-refractivity contribution in [2.24, 2.45) is 5.92 Å². The number of hydrogen-bond donors (Lipinski definition) is 0. The minimum absolute atomic E-state index is 0.125. The van der Waals surface area contributed by atoms with Crippen LogP contribution in [-0.4, -0.2) is 6.04 Å². The van der Waals surface area contributed by atoms with Crippen LogP contribution in [0.4, 0.5) is 0 Å². The maximum Gasteiger partial charge on any atom is 0.0187 e. The molecule has 1 unspecified atom stereocenters. The van der Waals surface area contributed by atoms with E-state index in [0.29, 0.717) is 5.92 Å². The third-order valence-electron chi connectivity index (χ3n) is 0.825. The van der Waals surface area contributed by atoms with Crippen LogP contribution >= 0.6 is 0 Å². The van der Waals surface area contributed by atoms with Crippen molar-refractivity contribution in [3.63, 3.8) is 0 Å². The smallest absolute Gasteiger partial charge is 0.0187 e. The predicted octanol–water partition coefficient (Wildman–Crippen LogP) is 1.70. The highest BCUT2D eigenvalue weighted by molar-refractivity contribution is 4.53. The predicted molar refractivity (Wildman–Crippen MR) is 32.0 cm³/mol. The zero-order valence-electron chi connectivity index (χ0n) is 5.36. The molecule has 1 nitrogen and oxygen atoms in total. The van der Waals surface area contributed by atoms with Crippen LogP contribution in [0.2, 0.25) is 0 Å². The molecule has 0 heterocycles. The third-order valence-corrected chi connectivity index (χ3v) is 0.825. The maximum absolute atomic E-state index is 7.11. The highest BCUT2D eigenvalue weighted by atomic mass is 14.6. The average molecular weight is 100 g/mol. The van der Waals surface area contributed by atoms with Gasteiger partial charge in [-0.1, -0.05) is 13.8 Å². The van der Waals surface area contributed by atoms with E-state index in [2.05, 4.69) is 13.8 Å². The zero-order valence-corrected chi connectivity index (χ0v) is 5.36. The lowest BCUT2D eigenvalue weighted by Gasteiger charge is -2.04. The van der Waals surface area contributed by atoms with E-state index in [1.54, 1.807) is 0 Å². The van der Waals surface area contributed by atoms with E-state index in [-0.39, 0.29) is 6.04 Å². The second kappa shape index (κ2) is 3.03. The Hall–Kier alpha value is -0.0400. The molecule has 0 aliphatic heterocycles. The van der Waals surface area contributed by atoms with Gasteiger partial charge >= 0.3 is 0 Å². The van der Waals surface area contributed by atoms with E-state index in [1.165, 1.54) is 0 Å². The minimum atomic E-state index is 0.125. The average Bonchev–Trinajstić information content (AvgIpc) is 1.27. The summed E-state index contributed by atoms with van der Waals surface area (Å²) in [6, 6.07) is 0.125. The first-order valence-electron chi connectivity index (χ1n) is 2.84. The Balaban J connectivity index is 2.95. The molecule has 0 rings (SSSR count). The lowest BCUT2D eigenvalue weighted by Crippen LogP contribution is -2.05. The van der Waals surface area contributed by atoms with Crippen LogP contribution < -0.4 is 5.73 Å². The molecule has 0 aromatic heterocycles. The van der Waals surface area contributed by atoms with Gasteiger partial charge in [0.15, 0.2) is 0 Å². The summed E-state index contributed by atoms with van der Waals surface area (Å²) in [5.74, 6) is 0.687. The normalized spacial score (nSPS) is 15.0. The van der Waals surface area contributed by atoms with Crippen molar-refractivity contribution in [2.45, 2.75) is 33.2 Å². The van der Waals surface area contributed by atoms with Gasteiger partial charge < -0.3 is 0 Å². The molecular formula is C6H14N. The summed E-state index contributed by atoms with van der Waals surface area (Å²) in [5.41, 5.74) is 7.11. The molecule has 1 heteroatoms. The molecule has 1 atom stereocenters. The highest BCUT2D eigenvalue weighted by Crippen LogP contribution is 2.01. The van der Waals surface area contributed by atoms with Crippen LogP contribution in [0.1, 0.15) is 27.2 Å². The summed E-state index contributed by atoms with van der Waals surface area (Å²) in [6.45, 7) is 6.22. The largest absolute Gasteiger partial charge is 0.255 e. The summed E-state index contributed by atoms with van der Waals surface area (Å²) in [5, 5.41) is 0. The van der Waals surface area contributed by atoms with E-state index in [1.807, 2.05) is 6.92 Å². The SMILES string of the molecule is CC(C)CC(C)[NH]. The van der Waals surface area contributed by atoms with Crippen LogP contribution in [-0.2, 0) is 0 Å². The van der Waals surface area contributed by atoms with Gasteiger partial charge in [0.05, 0.1) is 0 Å². The fourth-order valence-electron chi connectivity index (χ4n) is 0.707. The van der Waals surface area contributed by atoms with Crippen LogP contribution in [0.3, 0.4) is 0 Å². The molecule has 0 aromatic rings. The Kier molecular flexibility index (Phi) is 3.01. The van der Waals surface area contributed by atoms with Crippen molar-refractivity contribution in [2.75, 3.05) is 0 Å². The van der Waals surface area contributed by atoms with Crippen molar-refractivity contribution in [3.05, 3.63) is 0 Å². The summed E-state index contributed by atoms with van der Waals surface area (Å²) < 4.78 is 0. The molecule has 1 N–H and O–H groups in total. The van der Waals surface area contributed by atoms with Gasteiger partial charge in [0.1, 0.15) is 0 Å². The molecule has 0 spiro atoms. The summed E-state index contributed by atoms with van der Waals surface area (Å²) in [4.78, 5) is 0. The minimum Gasteiger partial charge on any atom is -0.255 e. The first-order chi connectivity index (χ1) is 3.13. The van der Waals surface area contributed by atoms with Crippen LogP contribution in [0.5, 0.6) is 0 Å². The Morgan fingerprint density at radius 1 is 1.29 bits per heavy atom. The van der Waals surface area contributed by atoms with Crippen molar-refractivity contribution in [1.82, 2.24) is 5.73 Å². The molecule has 0 bridgehead atoms. The maximum atomic E-state index is 7.11. The van der Waals surface area contributed by atoms with Gasteiger partial charge in [-0.05, 0) is 19.3 Å². The fraction of sp³-hybridized carbons (Fsp3) is 1.00. The monoisotopic (exact) mass is 100 g/mol. The van der Waals surface area contributed by atoms with Gasteiger partial charge in [-0.3, -0.25) is 5.73 Å². The Labute approximate surface area is 45.9 Å². The first-order valence-corrected chi connectivity index (χ1v) is 2.84. The second-order valence-electron chi connectivity index (χ2n) is 2.53. The quantitative estimate of drug-likeness (QED) is 0.504. The summed E-state index contributed by atoms with van der Waals surface area (Å²) in [6.07, 6.45) is 1.03. The lowest BCUT2D eigenvalue weighted by atomic mass is 10.1. The van der Waals surface area contributed by atoms with Crippen molar-refractivity contribution < 1.29 is 0 Å². The lowest BCUT2D eigenvalue weighted by molar-refractivity contribution is 0.511. The third kappa shape index (κ3) is 5.96. The summed E-state index contributed by atoms with van der Waals surface area (Å²) in [7, 11) is 0. The second-order valence-corrected chi connectivity index (χ2v) is 2.53. The highest BCUT2D eigenvalue weighted by Gasteiger charge is 1.96. The molecule has 0 aromatic carbocycles. The molecule has 0 fully saturated rings. The number of hydrogen-bond acceptors (Lipinski definition) is 0. The van der Waals surface area contributed by atoms with E-state index in [0.717, 1.165) is 6.42 Å². The standard InChI is InChI=1S/C6H14N/c1-5(2)4-6(3)7/h5-7H,4H2,1-3H3. The van der Waals surface area contributed by atoms with E-state index in [9.17, 15) is 0 Å². The van der Waals surface area contributed by atoms with Crippen molar-refractivity contribution in [3.8, 4) is 0 Å². The van der Waals surface area contributed by atoms with Gasteiger partial charge in [-0.15, -0.1) is 0 Å². The Morgan fingerprint density at radius 2 is 1.71 bits per heavy atom. The van der Waals surface area contributed by atoms with Crippen molar-refractivity contribution in [1.29, 1.82) is 0 Å². The van der Waals surface area contributed by atoms with Gasteiger partial charge in [0.25, 0.3) is 0 Å². The number of rotatable bonds is 2. The van der Waals surface area contributed by atoms with Gasteiger partial charge in [-0.25, -0.2) is 0 Å². The van der Waals surface area contributed by atoms with Crippen molar-refractivity contribution >= 4 is 0 Å². The van der Waals surface area contributed by atoms with E-state index >= 15 is 0 Å². The van der Waals surface area contributed by atoms with Gasteiger partial charge in [0, 0.05) is 6.04 Å². The molecular weight excluding hydrogens is 86.1 g/mol. The van der Waals surface area contributed by atoms with Crippen LogP contribution in [0.25, 0.3) is 0 Å². The Bertz CT molecular complexity index is 33.4. The molecule has 0 amide bonds. The van der Waals surface area contributed by atoms with Crippen LogP contribution in [0.15, 0.2) is 0 Å². The van der Waals surface area contributed by atoms with E-state index in [4.69, 9.17) is 5.73 Å². The summed E-state index contributed by atoms with van der Waals surface area (Å²) >= 11 is 0. The first kappa shape index (κ1) is 6.96. The van der Waals surface area contributed by atoms with Gasteiger partial charge in [-0.2, -0.15) is 0 Å². The molecule has 43 valence electrons. The van der Waals surface area contributed by atoms with Crippen LogP contribution in [0, 0.1) is 5.92 Å². The molecule has 0 aliphatic carbocycles. The number of nitrogens with one attached hydrogen (secondary N) is 1. The molecule has 0 saturated carbocycles. The molecule has 1 radical (unpaired) electrons. The van der Waals surface area contributed by atoms with E-state index < -0.39 is 0 Å². The zero-order chi connectivity index (χ0) is 5.86.